The normalized spacial score (nSPS) is 13.7. The maximum absolute atomic E-state index is 12.5. The summed E-state index contributed by atoms with van der Waals surface area (Å²) in [5, 5.41) is 2.85. The Balaban J connectivity index is 1.68. The van der Waals surface area contributed by atoms with Gasteiger partial charge in [-0.3, -0.25) is 9.52 Å². The van der Waals surface area contributed by atoms with Gasteiger partial charge >= 0.3 is 5.97 Å². The number of carbonyl (C=O) groups is 2. The van der Waals surface area contributed by atoms with Crippen molar-refractivity contribution in [1.82, 2.24) is 5.32 Å². The first-order valence-electron chi connectivity index (χ1n) is 8.60. The Hall–Kier alpha value is -2.87. The Labute approximate surface area is 157 Å². The van der Waals surface area contributed by atoms with Crippen molar-refractivity contribution in [3.05, 3.63) is 59.7 Å². The van der Waals surface area contributed by atoms with E-state index in [1.165, 1.54) is 48.5 Å². The van der Waals surface area contributed by atoms with E-state index in [0.717, 1.165) is 12.8 Å². The minimum atomic E-state index is -3.81. The van der Waals surface area contributed by atoms with E-state index >= 15 is 0 Å². The summed E-state index contributed by atoms with van der Waals surface area (Å²) in [4.78, 5) is 23.6. The second-order valence-corrected chi connectivity index (χ2v) is 7.86. The number of benzene rings is 2. The van der Waals surface area contributed by atoms with Crippen molar-refractivity contribution in [3.8, 4) is 0 Å². The average Bonchev–Trinajstić information content (AvgIpc) is 3.46. The molecule has 0 spiro atoms. The highest BCUT2D eigenvalue weighted by Gasteiger charge is 2.24. The van der Waals surface area contributed by atoms with Crippen molar-refractivity contribution in [3.63, 3.8) is 0 Å². The predicted octanol–water partition coefficient (Wildman–Crippen LogP) is 2.56. The van der Waals surface area contributed by atoms with E-state index in [4.69, 9.17) is 4.74 Å². The van der Waals surface area contributed by atoms with E-state index in [9.17, 15) is 18.0 Å². The molecule has 0 bridgehead atoms. The molecule has 1 aliphatic rings. The summed E-state index contributed by atoms with van der Waals surface area (Å²) in [5.41, 5.74) is 1.07. The highest BCUT2D eigenvalue weighted by Crippen LogP contribution is 2.20. The van der Waals surface area contributed by atoms with Gasteiger partial charge < -0.3 is 10.1 Å². The molecule has 1 aliphatic carbocycles. The molecule has 0 radical (unpaired) electrons. The summed E-state index contributed by atoms with van der Waals surface area (Å²) in [5.74, 6) is -0.670. The van der Waals surface area contributed by atoms with E-state index < -0.39 is 16.0 Å². The molecule has 0 unspecified atom stereocenters. The van der Waals surface area contributed by atoms with Gasteiger partial charge in [-0.1, -0.05) is 0 Å². The van der Waals surface area contributed by atoms with Gasteiger partial charge in [0, 0.05) is 17.3 Å². The Bertz CT molecular complexity index is 933. The summed E-state index contributed by atoms with van der Waals surface area (Å²) >= 11 is 0. The molecule has 0 aromatic heterocycles. The zero-order valence-corrected chi connectivity index (χ0v) is 15.6. The van der Waals surface area contributed by atoms with Gasteiger partial charge in [0.05, 0.1) is 17.1 Å². The first-order chi connectivity index (χ1) is 12.9. The third-order valence-corrected chi connectivity index (χ3v) is 5.38. The molecule has 0 atom stereocenters. The number of hydrogen-bond donors (Lipinski definition) is 2. The fourth-order valence-electron chi connectivity index (χ4n) is 2.38. The second kappa shape index (κ2) is 7.79. The lowest BCUT2D eigenvalue weighted by Crippen LogP contribution is -2.25. The number of hydrogen-bond acceptors (Lipinski definition) is 5. The largest absolute Gasteiger partial charge is 0.462 e. The number of ether oxygens (including phenoxy) is 1. The van der Waals surface area contributed by atoms with Crippen molar-refractivity contribution >= 4 is 27.6 Å². The minimum absolute atomic E-state index is 0.0416. The minimum Gasteiger partial charge on any atom is -0.462 e. The van der Waals surface area contributed by atoms with Crippen LogP contribution in [0.1, 0.15) is 40.5 Å². The zero-order valence-electron chi connectivity index (χ0n) is 14.8. The molecule has 3 rings (SSSR count). The highest BCUT2D eigenvalue weighted by atomic mass is 32.2. The molecule has 1 saturated carbocycles. The lowest BCUT2D eigenvalue weighted by Gasteiger charge is -2.10. The number of esters is 1. The number of nitrogens with one attached hydrogen (secondary N) is 2. The second-order valence-electron chi connectivity index (χ2n) is 6.18. The van der Waals surface area contributed by atoms with Crippen molar-refractivity contribution in [2.24, 2.45) is 0 Å². The molecule has 27 heavy (non-hydrogen) atoms. The van der Waals surface area contributed by atoms with Crippen LogP contribution in [0.4, 0.5) is 5.69 Å². The molecule has 2 N–H and O–H groups in total. The molecule has 1 amide bonds. The smallest absolute Gasteiger partial charge is 0.338 e. The third-order valence-electron chi connectivity index (χ3n) is 3.99. The molecule has 0 aliphatic heterocycles. The molecular formula is C19H20N2O5S. The van der Waals surface area contributed by atoms with E-state index in [0.29, 0.717) is 16.8 Å². The summed E-state index contributed by atoms with van der Waals surface area (Å²) in [6.45, 7) is 1.98. The van der Waals surface area contributed by atoms with Crippen molar-refractivity contribution in [2.75, 3.05) is 11.3 Å². The van der Waals surface area contributed by atoms with Gasteiger partial charge in [-0.25, -0.2) is 13.2 Å². The number of carbonyl (C=O) groups excluding carboxylic acids is 2. The predicted molar refractivity (Wildman–Crippen MR) is 100 cm³/mol. The van der Waals surface area contributed by atoms with Crippen LogP contribution in [-0.2, 0) is 14.8 Å². The van der Waals surface area contributed by atoms with Crippen LogP contribution >= 0.6 is 0 Å². The third kappa shape index (κ3) is 4.85. The summed E-state index contributed by atoms with van der Waals surface area (Å²) in [7, 11) is -3.81. The quantitative estimate of drug-likeness (QED) is 0.710. The molecule has 2 aromatic carbocycles. The average molecular weight is 388 g/mol. The first-order valence-corrected chi connectivity index (χ1v) is 10.1. The van der Waals surface area contributed by atoms with E-state index in [2.05, 4.69) is 10.0 Å². The van der Waals surface area contributed by atoms with Crippen LogP contribution in [0.3, 0.4) is 0 Å². The number of rotatable bonds is 7. The number of amides is 1. The molecule has 0 saturated heterocycles. The Kier molecular flexibility index (Phi) is 5.46. The number of anilines is 1. The van der Waals surface area contributed by atoms with E-state index in [1.807, 2.05) is 0 Å². The maximum Gasteiger partial charge on any atom is 0.338 e. The molecule has 142 valence electrons. The fourth-order valence-corrected chi connectivity index (χ4v) is 3.44. The van der Waals surface area contributed by atoms with Crippen molar-refractivity contribution in [2.45, 2.75) is 30.7 Å². The van der Waals surface area contributed by atoms with Crippen LogP contribution in [0.15, 0.2) is 53.4 Å². The number of sulfonamides is 1. The van der Waals surface area contributed by atoms with Gasteiger partial charge in [0.1, 0.15) is 0 Å². The topological polar surface area (TPSA) is 102 Å². The summed E-state index contributed by atoms with van der Waals surface area (Å²) < 4.78 is 32.3. The van der Waals surface area contributed by atoms with Crippen LogP contribution in [0.5, 0.6) is 0 Å². The van der Waals surface area contributed by atoms with Gasteiger partial charge in [-0.05, 0) is 68.3 Å². The molecular weight excluding hydrogens is 368 g/mol. The lowest BCUT2D eigenvalue weighted by molar-refractivity contribution is 0.0526. The summed E-state index contributed by atoms with van der Waals surface area (Å²) in [6, 6.07) is 11.9. The van der Waals surface area contributed by atoms with Gasteiger partial charge in [-0.2, -0.15) is 0 Å². The van der Waals surface area contributed by atoms with E-state index in [-0.39, 0.29) is 23.5 Å². The molecule has 1 fully saturated rings. The molecule has 2 aromatic rings. The van der Waals surface area contributed by atoms with Gasteiger partial charge in [-0.15, -0.1) is 0 Å². The Morgan fingerprint density at radius 2 is 1.59 bits per heavy atom. The van der Waals surface area contributed by atoms with Crippen LogP contribution in [0.2, 0.25) is 0 Å². The van der Waals surface area contributed by atoms with E-state index in [1.54, 1.807) is 6.92 Å². The molecule has 8 heteroatoms. The molecule has 7 nitrogen and oxygen atoms in total. The fraction of sp³-hybridized carbons (Fsp3) is 0.263. The Morgan fingerprint density at radius 1 is 1.00 bits per heavy atom. The maximum atomic E-state index is 12.5. The van der Waals surface area contributed by atoms with Crippen LogP contribution in [-0.4, -0.2) is 32.9 Å². The SMILES string of the molecule is CCOC(=O)c1ccc(NS(=O)(=O)c2ccc(C(=O)NC3CC3)cc2)cc1. The van der Waals surface area contributed by atoms with Crippen molar-refractivity contribution < 1.29 is 22.7 Å². The van der Waals surface area contributed by atoms with Crippen LogP contribution < -0.4 is 10.0 Å². The van der Waals surface area contributed by atoms with Crippen molar-refractivity contribution in [1.29, 1.82) is 0 Å². The van der Waals surface area contributed by atoms with Gasteiger partial charge in [0.15, 0.2) is 0 Å². The Morgan fingerprint density at radius 3 is 2.15 bits per heavy atom. The lowest BCUT2D eigenvalue weighted by atomic mass is 10.2. The van der Waals surface area contributed by atoms with Gasteiger partial charge in [0.2, 0.25) is 0 Å². The van der Waals surface area contributed by atoms with Crippen LogP contribution in [0, 0.1) is 0 Å². The summed E-state index contributed by atoms with van der Waals surface area (Å²) in [6.07, 6.45) is 1.97. The highest BCUT2D eigenvalue weighted by molar-refractivity contribution is 7.92. The monoisotopic (exact) mass is 388 g/mol. The first kappa shape index (κ1) is 18.9. The molecule has 0 heterocycles. The van der Waals surface area contributed by atoms with Gasteiger partial charge in [0.25, 0.3) is 15.9 Å². The zero-order chi connectivity index (χ0) is 19.4. The van der Waals surface area contributed by atoms with Crippen LogP contribution in [0.25, 0.3) is 0 Å². The standard InChI is InChI=1S/C19H20N2O5S/c1-2-26-19(23)14-3-7-16(8-4-14)21-27(24,25)17-11-5-13(6-12-17)18(22)20-15-9-10-15/h3-8,11-12,15,21H,2,9-10H2,1H3,(H,20,22).